The molecule has 0 aliphatic carbocycles. The van der Waals surface area contributed by atoms with Gasteiger partial charge in [0.05, 0.1) is 6.61 Å². The maximum absolute atomic E-state index is 5.99. The summed E-state index contributed by atoms with van der Waals surface area (Å²) in [6.07, 6.45) is 2.38. The van der Waals surface area contributed by atoms with Crippen LogP contribution in [0, 0.1) is 0 Å². The van der Waals surface area contributed by atoms with Crippen LogP contribution < -0.4 is 5.32 Å². The van der Waals surface area contributed by atoms with E-state index in [1.807, 2.05) is 0 Å². The average molecular weight is 226 g/mol. The van der Waals surface area contributed by atoms with E-state index in [9.17, 15) is 0 Å². The van der Waals surface area contributed by atoms with E-state index in [-0.39, 0.29) is 18.0 Å². The van der Waals surface area contributed by atoms with Gasteiger partial charge >= 0.3 is 0 Å². The fourth-order valence-corrected chi connectivity index (χ4v) is 2.62. The summed E-state index contributed by atoms with van der Waals surface area (Å²) in [5.41, 5.74) is 2.78. The second-order valence-corrected chi connectivity index (χ2v) is 4.22. The van der Waals surface area contributed by atoms with Crippen molar-refractivity contribution < 1.29 is 4.74 Å². The van der Waals surface area contributed by atoms with Crippen molar-refractivity contribution in [1.82, 2.24) is 5.32 Å². The summed E-state index contributed by atoms with van der Waals surface area (Å²) in [5, 5.41) is 3.43. The summed E-state index contributed by atoms with van der Waals surface area (Å²) in [7, 11) is 0. The molecule has 0 radical (unpaired) electrons. The number of hydrogen-bond acceptors (Lipinski definition) is 2. The number of rotatable bonds is 0. The molecular weight excluding hydrogens is 210 g/mol. The SMILES string of the molecule is Cl.c1ccc2c(c1)COC21CCCNC1. The Labute approximate surface area is 96.4 Å². The number of ether oxygens (including phenoxy) is 1. The van der Waals surface area contributed by atoms with Gasteiger partial charge in [0, 0.05) is 6.54 Å². The van der Waals surface area contributed by atoms with E-state index in [1.54, 1.807) is 0 Å². The van der Waals surface area contributed by atoms with Crippen LogP contribution in [0.1, 0.15) is 24.0 Å². The summed E-state index contributed by atoms with van der Waals surface area (Å²) < 4.78 is 5.99. The third kappa shape index (κ3) is 1.67. The van der Waals surface area contributed by atoms with Crippen molar-refractivity contribution in [1.29, 1.82) is 0 Å². The first kappa shape index (κ1) is 10.9. The minimum absolute atomic E-state index is 0. The van der Waals surface area contributed by atoms with Crippen molar-refractivity contribution in [3.8, 4) is 0 Å². The van der Waals surface area contributed by atoms with Gasteiger partial charge in [-0.2, -0.15) is 0 Å². The third-order valence-electron chi connectivity index (χ3n) is 3.36. The van der Waals surface area contributed by atoms with Gasteiger partial charge in [-0.25, -0.2) is 0 Å². The molecular formula is C12H16ClNO. The standard InChI is InChI=1S/C12H15NO.ClH/c1-2-5-11-10(4-1)8-14-12(11)6-3-7-13-9-12;/h1-2,4-5,13H,3,6-9H2;1H. The molecule has 1 unspecified atom stereocenters. The molecule has 3 rings (SSSR count). The topological polar surface area (TPSA) is 21.3 Å². The molecule has 0 aromatic heterocycles. The molecule has 2 aliphatic rings. The Hall–Kier alpha value is -0.570. The minimum atomic E-state index is -0.00512. The van der Waals surface area contributed by atoms with Crippen molar-refractivity contribution in [2.75, 3.05) is 13.1 Å². The molecule has 1 aromatic carbocycles. The molecule has 2 aliphatic heterocycles. The van der Waals surface area contributed by atoms with E-state index in [1.165, 1.54) is 17.5 Å². The second-order valence-electron chi connectivity index (χ2n) is 4.22. The lowest BCUT2D eigenvalue weighted by molar-refractivity contribution is -0.0536. The first-order valence-electron chi connectivity index (χ1n) is 5.34. The molecule has 1 saturated heterocycles. The first-order valence-corrected chi connectivity index (χ1v) is 5.34. The largest absolute Gasteiger partial charge is 0.364 e. The van der Waals surface area contributed by atoms with Gasteiger partial charge in [0.2, 0.25) is 0 Å². The maximum atomic E-state index is 5.99. The van der Waals surface area contributed by atoms with E-state index < -0.39 is 0 Å². The van der Waals surface area contributed by atoms with Crippen LogP contribution in [0.4, 0.5) is 0 Å². The zero-order chi connectivity index (χ0) is 9.43. The van der Waals surface area contributed by atoms with Gasteiger partial charge in [0.25, 0.3) is 0 Å². The normalized spacial score (nSPS) is 28.5. The molecule has 1 atom stereocenters. The van der Waals surface area contributed by atoms with Crippen LogP contribution in [0.3, 0.4) is 0 Å². The van der Waals surface area contributed by atoms with Crippen LogP contribution in [-0.4, -0.2) is 13.1 Å². The predicted octanol–water partition coefficient (Wildman–Crippen LogP) is 2.22. The van der Waals surface area contributed by atoms with Crippen molar-refractivity contribution in [3.05, 3.63) is 35.4 Å². The van der Waals surface area contributed by atoms with E-state index in [2.05, 4.69) is 29.6 Å². The van der Waals surface area contributed by atoms with E-state index in [4.69, 9.17) is 4.74 Å². The minimum Gasteiger partial charge on any atom is -0.364 e. The van der Waals surface area contributed by atoms with Crippen molar-refractivity contribution in [2.45, 2.75) is 25.0 Å². The first-order chi connectivity index (χ1) is 6.91. The highest BCUT2D eigenvalue weighted by Crippen LogP contribution is 2.40. The van der Waals surface area contributed by atoms with Gasteiger partial charge in [0.1, 0.15) is 5.60 Å². The molecule has 82 valence electrons. The molecule has 0 bridgehead atoms. The van der Waals surface area contributed by atoms with Crippen LogP contribution >= 0.6 is 12.4 Å². The van der Waals surface area contributed by atoms with E-state index in [0.717, 1.165) is 26.1 Å². The monoisotopic (exact) mass is 225 g/mol. The summed E-state index contributed by atoms with van der Waals surface area (Å²) in [6, 6.07) is 8.61. The third-order valence-corrected chi connectivity index (χ3v) is 3.36. The Morgan fingerprint density at radius 3 is 2.93 bits per heavy atom. The quantitative estimate of drug-likeness (QED) is 0.731. The molecule has 2 nitrogen and oxygen atoms in total. The molecule has 2 heterocycles. The fourth-order valence-electron chi connectivity index (χ4n) is 2.62. The molecule has 1 fully saturated rings. The number of nitrogens with one attached hydrogen (secondary N) is 1. The van der Waals surface area contributed by atoms with Crippen molar-refractivity contribution >= 4 is 12.4 Å². The van der Waals surface area contributed by atoms with Crippen LogP contribution in [0.5, 0.6) is 0 Å². The Morgan fingerprint density at radius 1 is 1.27 bits per heavy atom. The number of hydrogen-bond donors (Lipinski definition) is 1. The van der Waals surface area contributed by atoms with Crippen molar-refractivity contribution in [2.24, 2.45) is 0 Å². The summed E-state index contributed by atoms with van der Waals surface area (Å²) in [4.78, 5) is 0. The molecule has 0 saturated carbocycles. The fraction of sp³-hybridized carbons (Fsp3) is 0.500. The lowest BCUT2D eigenvalue weighted by Crippen LogP contribution is -2.43. The van der Waals surface area contributed by atoms with Crippen LogP contribution in [-0.2, 0) is 16.9 Å². The smallest absolute Gasteiger partial charge is 0.106 e. The summed E-state index contributed by atoms with van der Waals surface area (Å²) in [6.45, 7) is 2.90. The Morgan fingerprint density at radius 2 is 2.13 bits per heavy atom. The Kier molecular flexibility index (Phi) is 3.01. The van der Waals surface area contributed by atoms with E-state index >= 15 is 0 Å². The second kappa shape index (κ2) is 4.12. The van der Waals surface area contributed by atoms with Crippen LogP contribution in [0.15, 0.2) is 24.3 Å². The summed E-state index contributed by atoms with van der Waals surface area (Å²) >= 11 is 0. The maximum Gasteiger partial charge on any atom is 0.106 e. The number of benzene rings is 1. The van der Waals surface area contributed by atoms with Gasteiger partial charge < -0.3 is 10.1 Å². The molecule has 1 aromatic rings. The van der Waals surface area contributed by atoms with Crippen molar-refractivity contribution in [3.63, 3.8) is 0 Å². The van der Waals surface area contributed by atoms with Crippen LogP contribution in [0.2, 0.25) is 0 Å². The highest BCUT2D eigenvalue weighted by atomic mass is 35.5. The predicted molar refractivity (Wildman–Crippen MR) is 62.3 cm³/mol. The van der Waals surface area contributed by atoms with Gasteiger partial charge in [-0.1, -0.05) is 24.3 Å². The number of piperidine rings is 1. The molecule has 15 heavy (non-hydrogen) atoms. The zero-order valence-electron chi connectivity index (χ0n) is 8.66. The van der Waals surface area contributed by atoms with Gasteiger partial charge in [-0.05, 0) is 30.5 Å². The lowest BCUT2D eigenvalue weighted by atomic mass is 9.86. The highest BCUT2D eigenvalue weighted by Gasteiger charge is 2.40. The lowest BCUT2D eigenvalue weighted by Gasteiger charge is -2.34. The highest BCUT2D eigenvalue weighted by molar-refractivity contribution is 5.85. The Balaban J connectivity index is 0.000000853. The van der Waals surface area contributed by atoms with E-state index in [0.29, 0.717) is 0 Å². The summed E-state index contributed by atoms with van der Waals surface area (Å²) in [5.74, 6) is 0. The van der Waals surface area contributed by atoms with Gasteiger partial charge in [0.15, 0.2) is 0 Å². The number of fused-ring (bicyclic) bond motifs is 2. The molecule has 1 N–H and O–H groups in total. The van der Waals surface area contributed by atoms with Crippen LogP contribution in [0.25, 0.3) is 0 Å². The number of halogens is 1. The zero-order valence-corrected chi connectivity index (χ0v) is 9.48. The Bertz CT molecular complexity index is 342. The average Bonchev–Trinajstić information content (AvgIpc) is 2.60. The van der Waals surface area contributed by atoms with Gasteiger partial charge in [-0.15, -0.1) is 12.4 Å². The molecule has 3 heteroatoms. The molecule has 0 amide bonds. The van der Waals surface area contributed by atoms with Gasteiger partial charge in [-0.3, -0.25) is 0 Å². The molecule has 1 spiro atoms.